The van der Waals surface area contributed by atoms with E-state index >= 15 is 0 Å². The number of ether oxygens (including phenoxy) is 5. The highest BCUT2D eigenvalue weighted by molar-refractivity contribution is 5.85. The molecule has 0 bridgehead atoms. The Kier molecular flexibility index (Phi) is 9.80. The first-order valence-electron chi connectivity index (χ1n) is 18.1. The quantitative estimate of drug-likeness (QED) is 0.121. The molecule has 0 unspecified atom stereocenters. The predicted molar refractivity (Wildman–Crippen MR) is 167 cm³/mol. The van der Waals surface area contributed by atoms with E-state index in [1.165, 1.54) is 0 Å². The molecule has 18 atom stereocenters. The highest BCUT2D eigenvalue weighted by atomic mass is 16.7. The van der Waals surface area contributed by atoms with E-state index in [2.05, 4.69) is 13.8 Å². The van der Waals surface area contributed by atoms with Gasteiger partial charge in [-0.15, -0.1) is 0 Å². The summed E-state index contributed by atoms with van der Waals surface area (Å²) in [5.41, 5.74) is -0.0991. The van der Waals surface area contributed by atoms with Crippen LogP contribution in [0.25, 0.3) is 0 Å². The van der Waals surface area contributed by atoms with Gasteiger partial charge in [0.1, 0.15) is 55.4 Å². The normalized spacial score (nSPS) is 54.4. The van der Waals surface area contributed by atoms with Crippen LogP contribution in [0.5, 0.6) is 0 Å². The maximum Gasteiger partial charge on any atom is 0.331 e. The second-order valence-corrected chi connectivity index (χ2v) is 16.4. The third kappa shape index (κ3) is 5.82. The molecule has 6 fully saturated rings. The largest absolute Gasteiger partial charge is 0.458 e. The van der Waals surface area contributed by atoms with Crippen molar-refractivity contribution >= 4 is 5.97 Å². The summed E-state index contributed by atoms with van der Waals surface area (Å²) in [5.74, 6) is 0.683. The first-order valence-corrected chi connectivity index (χ1v) is 18.1. The first kappa shape index (κ1) is 36.1. The van der Waals surface area contributed by atoms with Crippen LogP contribution in [0.3, 0.4) is 0 Å². The van der Waals surface area contributed by atoms with Crippen molar-refractivity contribution in [3.63, 3.8) is 0 Å². The van der Waals surface area contributed by atoms with E-state index in [9.17, 15) is 45.6 Å². The minimum Gasteiger partial charge on any atom is -0.458 e. The van der Waals surface area contributed by atoms with E-state index in [0.717, 1.165) is 56.9 Å². The zero-order valence-electron chi connectivity index (χ0n) is 28.3. The third-order valence-electron chi connectivity index (χ3n) is 14.2. The van der Waals surface area contributed by atoms with Crippen molar-refractivity contribution in [2.45, 2.75) is 145 Å². The zero-order chi connectivity index (χ0) is 35.0. The Labute approximate surface area is 285 Å². The molecule has 0 aromatic heterocycles. The van der Waals surface area contributed by atoms with E-state index in [4.69, 9.17) is 23.7 Å². The van der Waals surface area contributed by atoms with E-state index in [1.807, 2.05) is 0 Å². The fourth-order valence-electron chi connectivity index (χ4n) is 11.2. The highest BCUT2D eigenvalue weighted by Gasteiger charge is 2.68. The van der Waals surface area contributed by atoms with Gasteiger partial charge in [-0.05, 0) is 92.4 Å². The number of hydrogen-bond donors (Lipinski definition) is 8. The first-order chi connectivity index (χ1) is 23.2. The molecule has 0 radical (unpaired) electrons. The van der Waals surface area contributed by atoms with Crippen molar-refractivity contribution < 1.29 is 69.3 Å². The number of esters is 1. The van der Waals surface area contributed by atoms with E-state index in [-0.39, 0.29) is 34.7 Å². The van der Waals surface area contributed by atoms with Crippen LogP contribution < -0.4 is 0 Å². The highest BCUT2D eigenvalue weighted by Crippen LogP contribution is 2.70. The van der Waals surface area contributed by atoms with Crippen LogP contribution in [-0.2, 0) is 28.5 Å². The second-order valence-electron chi connectivity index (χ2n) is 16.4. The topological polar surface area (TPSA) is 225 Å². The number of fused-ring (bicyclic) bond motifs is 5. The monoisotopic (exact) mass is 698 g/mol. The maximum absolute atomic E-state index is 12.5. The number of carbonyl (C=O) groups excluding carboxylic acids is 1. The van der Waals surface area contributed by atoms with Gasteiger partial charge in [0.05, 0.1) is 24.9 Å². The van der Waals surface area contributed by atoms with E-state index in [1.54, 1.807) is 6.08 Å². The predicted octanol–water partition coefficient (Wildman–Crippen LogP) is -0.747. The molecule has 14 nitrogen and oxygen atoms in total. The van der Waals surface area contributed by atoms with Gasteiger partial charge in [0, 0.05) is 11.5 Å². The Balaban J connectivity index is 0.982. The Morgan fingerprint density at radius 2 is 1.49 bits per heavy atom. The van der Waals surface area contributed by atoms with Crippen LogP contribution in [0, 0.1) is 34.5 Å². The molecule has 8 N–H and O–H groups in total. The van der Waals surface area contributed by atoms with Crippen molar-refractivity contribution in [1.29, 1.82) is 0 Å². The molecule has 3 aliphatic heterocycles. The Bertz CT molecular complexity index is 1260. The molecule has 7 rings (SSSR count). The van der Waals surface area contributed by atoms with Crippen molar-refractivity contribution in [3.8, 4) is 0 Å². The molecule has 4 saturated carbocycles. The number of carbonyl (C=O) groups is 1. The van der Waals surface area contributed by atoms with Gasteiger partial charge in [0.15, 0.2) is 12.6 Å². The van der Waals surface area contributed by atoms with Gasteiger partial charge < -0.3 is 64.5 Å². The minimum absolute atomic E-state index is 0.00679. The number of aliphatic hydroxyl groups excluding tert-OH is 7. The Morgan fingerprint density at radius 1 is 0.796 bits per heavy atom. The second kappa shape index (κ2) is 13.3. The van der Waals surface area contributed by atoms with Crippen LogP contribution in [0.1, 0.15) is 71.6 Å². The van der Waals surface area contributed by atoms with E-state index in [0.29, 0.717) is 24.9 Å². The van der Waals surface area contributed by atoms with Gasteiger partial charge in [-0.1, -0.05) is 13.8 Å². The standard InChI is InChI=1S/C35H54O14/c1-33-8-5-18(47-32-30(43)28(41)26(39)23(49-32)15-46-31-29(42)27(40)25(38)22(13-36)48-31)12-17(33)3-4-21-20(33)6-9-34(2)19(7-10-35(21,34)44)16-11-24(37)45-14-16/h11,17-23,25-32,36,38-44H,3-10,12-15H2,1-2H3/t17-,18-,19+,20-,21+,22+,23+,25+,26+,27-,28-,29+,30+,31+,32+,33-,34+,35-/m0/s1. The molecule has 49 heavy (non-hydrogen) atoms. The lowest BCUT2D eigenvalue weighted by Crippen LogP contribution is -2.63. The molecule has 14 heteroatoms. The third-order valence-corrected chi connectivity index (χ3v) is 14.2. The molecule has 278 valence electrons. The van der Waals surface area contributed by atoms with Gasteiger partial charge in [-0.3, -0.25) is 0 Å². The lowest BCUT2D eigenvalue weighted by atomic mass is 9.43. The summed E-state index contributed by atoms with van der Waals surface area (Å²) in [6.07, 6.45) is -5.68. The van der Waals surface area contributed by atoms with Crippen LogP contribution in [-0.4, -0.2) is 140 Å². The molecular weight excluding hydrogens is 644 g/mol. The minimum atomic E-state index is -1.65. The number of aliphatic hydroxyl groups is 8. The number of hydrogen-bond acceptors (Lipinski definition) is 14. The van der Waals surface area contributed by atoms with Gasteiger partial charge in [0.25, 0.3) is 0 Å². The SMILES string of the molecule is C[C@]12CC[C@H](O[C@@H]3O[C@H](CO[C@@H]4O[C@H](CO)[C@@H](O)[C@H](O)[C@H]4O)[C@@H](O)[C@H](O)[C@H]3O)C[C@@H]1CC[C@@H]1[C@@H]2CC[C@]2(C)[C@@H](C3=CC(=O)OC3)CC[C@]12O. The Morgan fingerprint density at radius 3 is 2.18 bits per heavy atom. The van der Waals surface area contributed by atoms with Crippen molar-refractivity contribution in [3.05, 3.63) is 11.6 Å². The molecule has 0 amide bonds. The lowest BCUT2D eigenvalue weighted by molar-refractivity contribution is -0.338. The number of cyclic esters (lactones) is 1. The molecule has 0 spiro atoms. The molecule has 3 heterocycles. The van der Waals surface area contributed by atoms with Crippen LogP contribution in [0.2, 0.25) is 0 Å². The summed E-state index contributed by atoms with van der Waals surface area (Å²) < 4.78 is 28.4. The smallest absolute Gasteiger partial charge is 0.331 e. The fraction of sp³-hybridized carbons (Fsp3) is 0.914. The summed E-state index contributed by atoms with van der Waals surface area (Å²) >= 11 is 0. The molecule has 0 aromatic rings. The number of rotatable bonds is 7. The molecule has 4 aliphatic carbocycles. The summed E-state index contributed by atoms with van der Waals surface area (Å²) in [5, 5.41) is 84.5. The molecule has 7 aliphatic rings. The summed E-state index contributed by atoms with van der Waals surface area (Å²) in [6.45, 7) is 3.85. The van der Waals surface area contributed by atoms with Crippen molar-refractivity contribution in [1.82, 2.24) is 0 Å². The Hall–Kier alpha value is -1.27. The molecule has 0 aromatic carbocycles. The van der Waals surface area contributed by atoms with Crippen LogP contribution in [0.4, 0.5) is 0 Å². The van der Waals surface area contributed by atoms with Crippen molar-refractivity contribution in [2.75, 3.05) is 19.8 Å². The average Bonchev–Trinajstić information content (AvgIpc) is 3.63. The summed E-state index contributed by atoms with van der Waals surface area (Å²) in [4.78, 5) is 11.9. The fourth-order valence-corrected chi connectivity index (χ4v) is 11.2. The van der Waals surface area contributed by atoms with Gasteiger partial charge in [-0.25, -0.2) is 4.79 Å². The van der Waals surface area contributed by atoms with Crippen LogP contribution >= 0.6 is 0 Å². The zero-order valence-corrected chi connectivity index (χ0v) is 28.3. The molecular formula is C35H54O14. The lowest BCUT2D eigenvalue weighted by Gasteiger charge is -2.64. The van der Waals surface area contributed by atoms with Gasteiger partial charge >= 0.3 is 5.97 Å². The van der Waals surface area contributed by atoms with Gasteiger partial charge in [0.2, 0.25) is 0 Å². The molecule has 2 saturated heterocycles. The van der Waals surface area contributed by atoms with Crippen molar-refractivity contribution in [2.24, 2.45) is 34.5 Å². The van der Waals surface area contributed by atoms with Crippen LogP contribution in [0.15, 0.2) is 11.6 Å². The summed E-state index contributed by atoms with van der Waals surface area (Å²) in [6, 6.07) is 0. The van der Waals surface area contributed by atoms with E-state index < -0.39 is 80.2 Å². The average molecular weight is 699 g/mol. The van der Waals surface area contributed by atoms with Gasteiger partial charge in [-0.2, -0.15) is 0 Å². The maximum atomic E-state index is 12.5. The summed E-state index contributed by atoms with van der Waals surface area (Å²) in [7, 11) is 0.